The van der Waals surface area contributed by atoms with Gasteiger partial charge in [0.15, 0.2) is 5.82 Å². The topological polar surface area (TPSA) is 81.9 Å². The highest BCUT2D eigenvalue weighted by molar-refractivity contribution is 5.92. The van der Waals surface area contributed by atoms with E-state index in [1.54, 1.807) is 7.11 Å². The van der Waals surface area contributed by atoms with E-state index in [1.807, 2.05) is 39.0 Å². The third-order valence-electron chi connectivity index (χ3n) is 3.00. The Kier molecular flexibility index (Phi) is 4.52. The Morgan fingerprint density at radius 2 is 2.19 bits per heavy atom. The van der Waals surface area contributed by atoms with Gasteiger partial charge in [-0.25, -0.2) is 4.68 Å². The molecule has 0 saturated carbocycles. The molecule has 7 heteroatoms. The minimum atomic E-state index is -0.201. The van der Waals surface area contributed by atoms with Crippen LogP contribution in [-0.2, 0) is 11.3 Å². The summed E-state index contributed by atoms with van der Waals surface area (Å²) in [6.07, 6.45) is 0. The number of carbonyl (C=O) groups excluding carboxylic acids is 1. The number of anilines is 1. The lowest BCUT2D eigenvalue weighted by Crippen LogP contribution is -2.21. The van der Waals surface area contributed by atoms with E-state index < -0.39 is 0 Å². The maximum atomic E-state index is 12.2. The Morgan fingerprint density at radius 1 is 1.43 bits per heavy atom. The summed E-state index contributed by atoms with van der Waals surface area (Å²) in [5.41, 5.74) is 1.68. The zero-order valence-corrected chi connectivity index (χ0v) is 12.6. The lowest BCUT2D eigenvalue weighted by molar-refractivity contribution is -0.117. The number of nitrogens with one attached hydrogen (secondary N) is 1. The maximum Gasteiger partial charge on any atom is 0.246 e. The molecular weight excluding hydrogens is 270 g/mol. The number of rotatable bonds is 5. The minimum absolute atomic E-state index is 0.0671. The highest BCUT2D eigenvalue weighted by Gasteiger charge is 2.14. The van der Waals surface area contributed by atoms with Gasteiger partial charge in [0, 0.05) is 5.92 Å². The molecule has 1 aromatic heterocycles. The van der Waals surface area contributed by atoms with Crippen molar-refractivity contribution in [2.45, 2.75) is 33.2 Å². The molecule has 0 aliphatic rings. The third kappa shape index (κ3) is 3.56. The lowest BCUT2D eigenvalue weighted by Gasteiger charge is -2.11. The molecule has 0 spiro atoms. The standard InChI is InChI=1S/C14H19N5O2/c1-9(2)14-16-17-18-19(14)8-13(20)15-11-7-10(3)5-6-12(11)21-4/h5-7,9H,8H2,1-4H3,(H,15,20). The molecule has 1 heterocycles. The van der Waals surface area contributed by atoms with Crippen molar-refractivity contribution in [2.24, 2.45) is 0 Å². The highest BCUT2D eigenvalue weighted by Crippen LogP contribution is 2.25. The van der Waals surface area contributed by atoms with Crippen LogP contribution in [0.15, 0.2) is 18.2 Å². The SMILES string of the molecule is COc1ccc(C)cc1NC(=O)Cn1nnnc1C(C)C. The molecule has 1 amide bonds. The van der Waals surface area contributed by atoms with Gasteiger partial charge in [-0.05, 0) is 35.0 Å². The van der Waals surface area contributed by atoms with Crippen molar-refractivity contribution in [1.82, 2.24) is 20.2 Å². The second-order valence-electron chi connectivity index (χ2n) is 5.10. The van der Waals surface area contributed by atoms with Gasteiger partial charge < -0.3 is 10.1 Å². The van der Waals surface area contributed by atoms with Gasteiger partial charge in [0.25, 0.3) is 0 Å². The first-order valence-electron chi connectivity index (χ1n) is 6.71. The summed E-state index contributed by atoms with van der Waals surface area (Å²) in [6.45, 7) is 5.97. The van der Waals surface area contributed by atoms with Gasteiger partial charge in [-0.15, -0.1) is 5.10 Å². The Balaban J connectivity index is 2.12. The van der Waals surface area contributed by atoms with E-state index in [-0.39, 0.29) is 18.4 Å². The maximum absolute atomic E-state index is 12.2. The molecule has 2 rings (SSSR count). The van der Waals surface area contributed by atoms with E-state index in [4.69, 9.17) is 4.74 Å². The highest BCUT2D eigenvalue weighted by atomic mass is 16.5. The number of benzene rings is 1. The Bertz CT molecular complexity index is 636. The summed E-state index contributed by atoms with van der Waals surface area (Å²) in [6, 6.07) is 5.61. The first-order valence-corrected chi connectivity index (χ1v) is 6.71. The smallest absolute Gasteiger partial charge is 0.246 e. The zero-order valence-electron chi connectivity index (χ0n) is 12.6. The third-order valence-corrected chi connectivity index (χ3v) is 3.00. The van der Waals surface area contributed by atoms with Gasteiger partial charge in [0.05, 0.1) is 12.8 Å². The normalized spacial score (nSPS) is 10.7. The fraction of sp³-hybridized carbons (Fsp3) is 0.429. The molecule has 2 aromatic rings. The lowest BCUT2D eigenvalue weighted by atomic mass is 10.2. The van der Waals surface area contributed by atoms with Gasteiger partial charge in [-0.2, -0.15) is 0 Å². The number of amides is 1. The molecule has 21 heavy (non-hydrogen) atoms. The number of hydrogen-bond acceptors (Lipinski definition) is 5. The molecule has 7 nitrogen and oxygen atoms in total. The number of carbonyl (C=O) groups is 1. The average molecular weight is 289 g/mol. The molecule has 0 bridgehead atoms. The van der Waals surface area contributed by atoms with Crippen LogP contribution in [0.3, 0.4) is 0 Å². The van der Waals surface area contributed by atoms with Crippen molar-refractivity contribution in [3.05, 3.63) is 29.6 Å². The molecule has 112 valence electrons. The van der Waals surface area contributed by atoms with Crippen molar-refractivity contribution in [2.75, 3.05) is 12.4 Å². The summed E-state index contributed by atoms with van der Waals surface area (Å²) in [5, 5.41) is 14.2. The zero-order chi connectivity index (χ0) is 15.4. The molecule has 0 aliphatic carbocycles. The molecule has 0 aliphatic heterocycles. The van der Waals surface area contributed by atoms with E-state index in [0.29, 0.717) is 17.3 Å². The van der Waals surface area contributed by atoms with Crippen LogP contribution in [0.5, 0.6) is 5.75 Å². The summed E-state index contributed by atoms with van der Waals surface area (Å²) in [4.78, 5) is 12.2. The molecule has 0 radical (unpaired) electrons. The van der Waals surface area contributed by atoms with Crippen molar-refractivity contribution in [3.63, 3.8) is 0 Å². The van der Waals surface area contributed by atoms with Crippen LogP contribution in [0, 0.1) is 6.92 Å². The van der Waals surface area contributed by atoms with Gasteiger partial charge >= 0.3 is 0 Å². The quantitative estimate of drug-likeness (QED) is 0.906. The predicted molar refractivity (Wildman–Crippen MR) is 78.3 cm³/mol. The first kappa shape index (κ1) is 15.0. The summed E-state index contributed by atoms with van der Waals surface area (Å²) < 4.78 is 6.74. The van der Waals surface area contributed by atoms with Crippen LogP contribution in [0.25, 0.3) is 0 Å². The van der Waals surface area contributed by atoms with E-state index in [1.165, 1.54) is 4.68 Å². The monoisotopic (exact) mass is 289 g/mol. The van der Waals surface area contributed by atoms with E-state index >= 15 is 0 Å². The van der Waals surface area contributed by atoms with Gasteiger partial charge in [0.1, 0.15) is 12.3 Å². The summed E-state index contributed by atoms with van der Waals surface area (Å²) >= 11 is 0. The van der Waals surface area contributed by atoms with Crippen LogP contribution in [0.4, 0.5) is 5.69 Å². The van der Waals surface area contributed by atoms with E-state index in [9.17, 15) is 4.79 Å². The van der Waals surface area contributed by atoms with Gasteiger partial charge in [0.2, 0.25) is 5.91 Å². The van der Waals surface area contributed by atoms with Crippen LogP contribution in [0.1, 0.15) is 31.2 Å². The summed E-state index contributed by atoms with van der Waals surface area (Å²) in [7, 11) is 1.57. The number of aryl methyl sites for hydroxylation is 1. The van der Waals surface area contributed by atoms with Crippen LogP contribution >= 0.6 is 0 Å². The number of aromatic nitrogens is 4. The first-order chi connectivity index (χ1) is 10.0. The molecule has 0 atom stereocenters. The largest absolute Gasteiger partial charge is 0.495 e. The van der Waals surface area contributed by atoms with Gasteiger partial charge in [-0.3, -0.25) is 4.79 Å². The number of tetrazole rings is 1. The fourth-order valence-corrected chi connectivity index (χ4v) is 1.98. The van der Waals surface area contributed by atoms with Crippen molar-refractivity contribution in [1.29, 1.82) is 0 Å². The minimum Gasteiger partial charge on any atom is -0.495 e. The number of hydrogen-bond donors (Lipinski definition) is 1. The second kappa shape index (κ2) is 6.34. The Labute approximate surface area is 123 Å². The number of nitrogens with zero attached hydrogens (tertiary/aromatic N) is 4. The second-order valence-corrected chi connectivity index (χ2v) is 5.10. The van der Waals surface area contributed by atoms with Crippen molar-refractivity contribution < 1.29 is 9.53 Å². The molecule has 1 N–H and O–H groups in total. The molecular formula is C14H19N5O2. The average Bonchev–Trinajstić information content (AvgIpc) is 2.87. The van der Waals surface area contributed by atoms with Crippen LogP contribution in [-0.4, -0.2) is 33.2 Å². The fourth-order valence-electron chi connectivity index (χ4n) is 1.98. The molecule has 0 unspecified atom stereocenters. The molecule has 1 aromatic carbocycles. The van der Waals surface area contributed by atoms with Gasteiger partial charge in [-0.1, -0.05) is 19.9 Å². The number of ether oxygens (including phenoxy) is 1. The van der Waals surface area contributed by atoms with Crippen molar-refractivity contribution in [3.8, 4) is 5.75 Å². The Morgan fingerprint density at radius 3 is 2.86 bits per heavy atom. The van der Waals surface area contributed by atoms with Crippen LogP contribution < -0.4 is 10.1 Å². The Hall–Kier alpha value is -2.44. The molecule has 0 saturated heterocycles. The van der Waals surface area contributed by atoms with Crippen LogP contribution in [0.2, 0.25) is 0 Å². The van der Waals surface area contributed by atoms with Crippen molar-refractivity contribution >= 4 is 11.6 Å². The summed E-state index contributed by atoms with van der Waals surface area (Å²) in [5.74, 6) is 1.26. The number of methoxy groups -OCH3 is 1. The van der Waals surface area contributed by atoms with E-state index in [2.05, 4.69) is 20.8 Å². The van der Waals surface area contributed by atoms with E-state index in [0.717, 1.165) is 5.56 Å². The molecule has 0 fully saturated rings. The predicted octanol–water partition coefficient (Wildman–Crippen LogP) is 1.75.